The third kappa shape index (κ3) is 3.25. The number of piperazine rings is 1. The van der Waals surface area contributed by atoms with Crippen LogP contribution in [0.4, 0.5) is 0 Å². The molecule has 0 spiro atoms. The van der Waals surface area contributed by atoms with Crippen molar-refractivity contribution in [3.8, 4) is 0 Å². The molecule has 0 unspecified atom stereocenters. The number of pyridine rings is 1. The Kier molecular flexibility index (Phi) is 3.92. The molecule has 3 heterocycles. The van der Waals surface area contributed by atoms with Crippen molar-refractivity contribution in [2.24, 2.45) is 0 Å². The van der Waals surface area contributed by atoms with Crippen molar-refractivity contribution in [1.82, 2.24) is 24.9 Å². The number of aryl methyl sites for hydroxylation is 1. The zero-order valence-electron chi connectivity index (χ0n) is 11.9. The molecule has 0 radical (unpaired) electrons. The Morgan fingerprint density at radius 1 is 1.29 bits per heavy atom. The van der Waals surface area contributed by atoms with Gasteiger partial charge in [-0.05, 0) is 12.1 Å². The van der Waals surface area contributed by atoms with Gasteiger partial charge in [0.1, 0.15) is 0 Å². The Labute approximate surface area is 122 Å². The molecule has 1 aliphatic heterocycles. The minimum absolute atomic E-state index is 0.144. The van der Waals surface area contributed by atoms with Gasteiger partial charge in [-0.1, -0.05) is 11.2 Å². The Hall–Kier alpha value is -2.28. The summed E-state index contributed by atoms with van der Waals surface area (Å²) in [6.45, 7) is 5.45. The Bertz CT molecular complexity index is 605. The van der Waals surface area contributed by atoms with Crippen LogP contribution in [-0.4, -0.2) is 57.0 Å². The first-order chi connectivity index (χ1) is 10.2. The fourth-order valence-corrected chi connectivity index (χ4v) is 2.36. The highest BCUT2D eigenvalue weighted by Crippen LogP contribution is 2.09. The van der Waals surface area contributed by atoms with Crippen molar-refractivity contribution < 1.29 is 9.32 Å². The van der Waals surface area contributed by atoms with Crippen LogP contribution in [0, 0.1) is 6.92 Å². The van der Waals surface area contributed by atoms with Crippen molar-refractivity contribution >= 4 is 5.91 Å². The van der Waals surface area contributed by atoms with Crippen LogP contribution < -0.4 is 0 Å². The molecule has 0 atom stereocenters. The number of carbonyl (C=O) groups excluding carboxylic acids is 1. The summed E-state index contributed by atoms with van der Waals surface area (Å²) in [5, 5.41) is 3.68. The number of aromatic nitrogens is 3. The number of hydrogen-bond donors (Lipinski definition) is 0. The summed E-state index contributed by atoms with van der Waals surface area (Å²) in [6.07, 6.45) is 1.80. The van der Waals surface area contributed by atoms with E-state index < -0.39 is 0 Å². The summed E-state index contributed by atoms with van der Waals surface area (Å²) < 4.78 is 4.85. The normalized spacial score (nSPS) is 16.1. The molecule has 7 heteroatoms. The number of amides is 1. The van der Waals surface area contributed by atoms with E-state index in [2.05, 4.69) is 20.0 Å². The van der Waals surface area contributed by atoms with E-state index in [0.29, 0.717) is 19.0 Å². The summed E-state index contributed by atoms with van der Waals surface area (Å²) in [4.78, 5) is 24.5. The molecular formula is C14H17N5O2. The van der Waals surface area contributed by atoms with E-state index >= 15 is 0 Å². The van der Waals surface area contributed by atoms with Gasteiger partial charge < -0.3 is 9.42 Å². The van der Waals surface area contributed by atoms with Crippen LogP contribution in [0.3, 0.4) is 0 Å². The maximum atomic E-state index is 12.2. The largest absolute Gasteiger partial charge is 0.339 e. The van der Waals surface area contributed by atoms with Crippen molar-refractivity contribution in [3.05, 3.63) is 41.8 Å². The fraction of sp³-hybridized carbons (Fsp3) is 0.429. The molecule has 2 aromatic rings. The summed E-state index contributed by atoms with van der Waals surface area (Å²) in [5.74, 6) is 0.391. The SMILES string of the molecule is Cc1nc(C(=O)N2CCN(Cc3ccccn3)CC2)no1. The first-order valence-corrected chi connectivity index (χ1v) is 6.94. The summed E-state index contributed by atoms with van der Waals surface area (Å²) in [5.41, 5.74) is 1.05. The molecule has 1 fully saturated rings. The average molecular weight is 287 g/mol. The number of hydrogen-bond acceptors (Lipinski definition) is 6. The van der Waals surface area contributed by atoms with Gasteiger partial charge >= 0.3 is 0 Å². The van der Waals surface area contributed by atoms with Crippen molar-refractivity contribution in [1.29, 1.82) is 0 Å². The van der Waals surface area contributed by atoms with Crippen LogP contribution >= 0.6 is 0 Å². The van der Waals surface area contributed by atoms with Crippen LogP contribution in [0.15, 0.2) is 28.9 Å². The molecule has 1 aliphatic rings. The molecule has 1 saturated heterocycles. The lowest BCUT2D eigenvalue weighted by Gasteiger charge is -2.33. The second-order valence-electron chi connectivity index (χ2n) is 5.03. The second kappa shape index (κ2) is 6.01. The standard InChI is InChI=1S/C14H17N5O2/c1-11-16-13(17-21-11)14(20)19-8-6-18(7-9-19)10-12-4-2-3-5-15-12/h2-5H,6-10H2,1H3. The highest BCUT2D eigenvalue weighted by Gasteiger charge is 2.25. The van der Waals surface area contributed by atoms with Gasteiger partial charge in [-0.25, -0.2) is 0 Å². The van der Waals surface area contributed by atoms with Crippen molar-refractivity contribution in [2.45, 2.75) is 13.5 Å². The van der Waals surface area contributed by atoms with Gasteiger partial charge in [0.2, 0.25) is 5.89 Å². The predicted molar refractivity (Wildman–Crippen MR) is 74.5 cm³/mol. The Balaban J connectivity index is 1.54. The monoisotopic (exact) mass is 287 g/mol. The topological polar surface area (TPSA) is 75.4 Å². The lowest BCUT2D eigenvalue weighted by atomic mass is 10.2. The Morgan fingerprint density at radius 3 is 2.71 bits per heavy atom. The predicted octanol–water partition coefficient (Wildman–Crippen LogP) is 0.731. The highest BCUT2D eigenvalue weighted by molar-refractivity contribution is 5.90. The maximum absolute atomic E-state index is 12.2. The van der Waals surface area contributed by atoms with E-state index in [1.807, 2.05) is 18.2 Å². The maximum Gasteiger partial charge on any atom is 0.295 e. The van der Waals surface area contributed by atoms with E-state index in [4.69, 9.17) is 4.52 Å². The number of rotatable bonds is 3. The molecule has 21 heavy (non-hydrogen) atoms. The minimum atomic E-state index is -0.163. The van der Waals surface area contributed by atoms with E-state index in [0.717, 1.165) is 25.3 Å². The van der Waals surface area contributed by atoms with Gasteiger partial charge in [-0.15, -0.1) is 0 Å². The van der Waals surface area contributed by atoms with Crippen molar-refractivity contribution in [2.75, 3.05) is 26.2 Å². The van der Waals surface area contributed by atoms with Crippen LogP contribution in [0.2, 0.25) is 0 Å². The van der Waals surface area contributed by atoms with Gasteiger partial charge in [0.25, 0.3) is 11.7 Å². The molecule has 0 N–H and O–H groups in total. The smallest absolute Gasteiger partial charge is 0.295 e. The molecule has 0 aliphatic carbocycles. The fourth-order valence-electron chi connectivity index (χ4n) is 2.36. The van der Waals surface area contributed by atoms with Crippen LogP contribution in [-0.2, 0) is 6.54 Å². The third-order valence-corrected chi connectivity index (χ3v) is 3.49. The zero-order valence-corrected chi connectivity index (χ0v) is 11.9. The Morgan fingerprint density at radius 2 is 2.10 bits per heavy atom. The van der Waals surface area contributed by atoms with Crippen molar-refractivity contribution in [3.63, 3.8) is 0 Å². The first kappa shape index (κ1) is 13.7. The number of carbonyl (C=O) groups is 1. The first-order valence-electron chi connectivity index (χ1n) is 6.94. The molecule has 0 saturated carbocycles. The molecule has 3 rings (SSSR count). The van der Waals surface area contributed by atoms with Gasteiger partial charge in [-0.3, -0.25) is 14.7 Å². The van der Waals surface area contributed by atoms with Crippen LogP contribution in [0.1, 0.15) is 22.2 Å². The molecule has 7 nitrogen and oxygen atoms in total. The van der Waals surface area contributed by atoms with E-state index in [1.165, 1.54) is 0 Å². The van der Waals surface area contributed by atoms with E-state index in [1.54, 1.807) is 18.0 Å². The van der Waals surface area contributed by atoms with E-state index in [-0.39, 0.29) is 11.7 Å². The molecule has 1 amide bonds. The van der Waals surface area contributed by atoms with Crippen LogP contribution in [0.5, 0.6) is 0 Å². The molecule has 2 aromatic heterocycles. The molecule has 0 bridgehead atoms. The third-order valence-electron chi connectivity index (χ3n) is 3.49. The zero-order chi connectivity index (χ0) is 14.7. The molecule has 110 valence electrons. The van der Waals surface area contributed by atoms with E-state index in [9.17, 15) is 4.79 Å². The molecule has 0 aromatic carbocycles. The summed E-state index contributed by atoms with van der Waals surface area (Å²) >= 11 is 0. The van der Waals surface area contributed by atoms with Gasteiger partial charge in [0.15, 0.2) is 0 Å². The second-order valence-corrected chi connectivity index (χ2v) is 5.03. The summed E-state index contributed by atoms with van der Waals surface area (Å²) in [6, 6.07) is 5.91. The molecular weight excluding hydrogens is 270 g/mol. The minimum Gasteiger partial charge on any atom is -0.339 e. The highest BCUT2D eigenvalue weighted by atomic mass is 16.5. The quantitative estimate of drug-likeness (QED) is 0.828. The van der Waals surface area contributed by atoms with Crippen LogP contribution in [0.25, 0.3) is 0 Å². The number of nitrogens with zero attached hydrogens (tertiary/aromatic N) is 5. The van der Waals surface area contributed by atoms with Gasteiger partial charge in [0, 0.05) is 45.8 Å². The average Bonchev–Trinajstić information content (AvgIpc) is 2.95. The van der Waals surface area contributed by atoms with Gasteiger partial charge in [-0.2, -0.15) is 4.98 Å². The van der Waals surface area contributed by atoms with Gasteiger partial charge in [0.05, 0.1) is 5.69 Å². The lowest BCUT2D eigenvalue weighted by molar-refractivity contribution is 0.0612. The summed E-state index contributed by atoms with van der Waals surface area (Å²) in [7, 11) is 0. The lowest BCUT2D eigenvalue weighted by Crippen LogP contribution is -2.48.